The Morgan fingerprint density at radius 1 is 0.812 bits per heavy atom. The molecule has 4 aromatic carbocycles. The number of nitrogens with zero attached hydrogens (tertiary/aromatic N) is 2. The first kappa shape index (κ1) is 35.5. The van der Waals surface area contributed by atoms with E-state index in [4.69, 9.17) is 23.2 Å². The molecule has 1 saturated carbocycles. The van der Waals surface area contributed by atoms with E-state index in [2.05, 4.69) is 5.32 Å². The summed E-state index contributed by atoms with van der Waals surface area (Å²) in [5, 5.41) is 3.60. The Morgan fingerprint density at radius 2 is 1.44 bits per heavy atom. The van der Waals surface area contributed by atoms with E-state index in [0.29, 0.717) is 0 Å². The SMILES string of the molecule is Cc1ccc(CN(C(=O)CN(c2cc(Cl)ccc2Cl)S(=O)(=O)c2ccc(C)cc2)C(Cc2ccccc2)C(=O)NC2CCCCC2)cc1. The largest absolute Gasteiger partial charge is 0.352 e. The molecule has 7 nitrogen and oxygen atoms in total. The van der Waals surface area contributed by atoms with E-state index in [-0.39, 0.29) is 45.5 Å². The zero-order chi connectivity index (χ0) is 34.3. The van der Waals surface area contributed by atoms with E-state index in [1.807, 2.05) is 68.4 Å². The van der Waals surface area contributed by atoms with Gasteiger partial charge in [-0.15, -0.1) is 0 Å². The third kappa shape index (κ3) is 8.98. The summed E-state index contributed by atoms with van der Waals surface area (Å²) in [6.45, 7) is 3.32. The van der Waals surface area contributed by atoms with Crippen LogP contribution in [0.3, 0.4) is 0 Å². The number of hydrogen-bond donors (Lipinski definition) is 1. The first-order valence-electron chi connectivity index (χ1n) is 16.2. The smallest absolute Gasteiger partial charge is 0.264 e. The number of sulfonamides is 1. The van der Waals surface area contributed by atoms with Crippen LogP contribution in [0.1, 0.15) is 54.4 Å². The molecular formula is C38H41Cl2N3O4S. The molecular weight excluding hydrogens is 665 g/mol. The predicted octanol–water partition coefficient (Wildman–Crippen LogP) is 7.89. The van der Waals surface area contributed by atoms with Gasteiger partial charge in [0.25, 0.3) is 10.0 Å². The Kier molecular flexibility index (Phi) is 11.8. The average Bonchev–Trinajstić information content (AvgIpc) is 3.08. The lowest BCUT2D eigenvalue weighted by atomic mass is 9.94. The maximum Gasteiger partial charge on any atom is 0.264 e. The fourth-order valence-corrected chi connectivity index (χ4v) is 7.88. The van der Waals surface area contributed by atoms with Crippen LogP contribution in [0.25, 0.3) is 0 Å². The average molecular weight is 707 g/mol. The van der Waals surface area contributed by atoms with E-state index >= 15 is 0 Å². The Hall–Kier alpha value is -3.85. The van der Waals surface area contributed by atoms with Crippen molar-refractivity contribution in [2.75, 3.05) is 10.8 Å². The van der Waals surface area contributed by atoms with Crippen LogP contribution in [0.4, 0.5) is 5.69 Å². The second-order valence-corrected chi connectivity index (χ2v) is 15.2. The quantitative estimate of drug-likeness (QED) is 0.162. The number of hydrogen-bond acceptors (Lipinski definition) is 4. The lowest BCUT2D eigenvalue weighted by molar-refractivity contribution is -0.140. The molecule has 48 heavy (non-hydrogen) atoms. The van der Waals surface area contributed by atoms with E-state index in [9.17, 15) is 18.0 Å². The van der Waals surface area contributed by atoms with Crippen LogP contribution < -0.4 is 9.62 Å². The van der Waals surface area contributed by atoms with Gasteiger partial charge in [0.1, 0.15) is 12.6 Å². The maximum absolute atomic E-state index is 14.7. The number of carbonyl (C=O) groups excluding carboxylic acids is 2. The molecule has 0 aromatic heterocycles. The molecule has 1 aliphatic rings. The normalized spacial score (nSPS) is 14.2. The first-order chi connectivity index (χ1) is 23.0. The second-order valence-electron chi connectivity index (χ2n) is 12.5. The molecule has 0 aliphatic heterocycles. The minimum Gasteiger partial charge on any atom is -0.352 e. The molecule has 0 spiro atoms. The minimum atomic E-state index is -4.30. The van der Waals surface area contributed by atoms with Crippen molar-refractivity contribution in [2.24, 2.45) is 0 Å². The molecule has 252 valence electrons. The molecule has 1 fully saturated rings. The lowest BCUT2D eigenvalue weighted by Gasteiger charge is -2.35. The van der Waals surface area contributed by atoms with Gasteiger partial charge in [-0.2, -0.15) is 0 Å². The molecule has 5 rings (SSSR count). The summed E-state index contributed by atoms with van der Waals surface area (Å²) in [7, 11) is -4.30. The Morgan fingerprint density at radius 3 is 2.08 bits per heavy atom. The van der Waals surface area contributed by atoms with Gasteiger partial charge in [-0.1, -0.05) is 120 Å². The molecule has 1 N–H and O–H groups in total. The Balaban J connectivity index is 1.58. The molecule has 2 amide bonds. The third-order valence-corrected chi connectivity index (χ3v) is 11.1. The number of amides is 2. The zero-order valence-electron chi connectivity index (χ0n) is 27.2. The van der Waals surface area contributed by atoms with Crippen LogP contribution in [0, 0.1) is 13.8 Å². The van der Waals surface area contributed by atoms with Crippen LogP contribution in [0.15, 0.2) is 102 Å². The van der Waals surface area contributed by atoms with Crippen LogP contribution in [-0.2, 0) is 32.6 Å². The summed E-state index contributed by atoms with van der Waals surface area (Å²) in [4.78, 5) is 30.5. The number of aryl methyl sites for hydroxylation is 2. The van der Waals surface area contributed by atoms with Gasteiger partial charge in [0, 0.05) is 24.0 Å². The highest BCUT2D eigenvalue weighted by Gasteiger charge is 2.36. The van der Waals surface area contributed by atoms with Crippen LogP contribution in [0.2, 0.25) is 10.0 Å². The highest BCUT2D eigenvalue weighted by atomic mass is 35.5. The van der Waals surface area contributed by atoms with Crippen molar-refractivity contribution in [1.29, 1.82) is 0 Å². The molecule has 0 bridgehead atoms. The Labute approximate surface area is 293 Å². The zero-order valence-corrected chi connectivity index (χ0v) is 29.6. The standard InChI is InChI=1S/C38H41Cl2N3O4S/c1-27-13-17-30(18-14-27)25-42(36(23-29-9-5-3-6-10-29)38(45)41-32-11-7-4-8-12-32)37(44)26-43(35-24-31(39)19-22-34(35)40)48(46,47)33-20-15-28(2)16-21-33/h3,5-6,9-10,13-22,24,32,36H,4,7-8,11-12,23,25-26H2,1-2H3,(H,41,45). The topological polar surface area (TPSA) is 86.8 Å². The fraction of sp³-hybridized carbons (Fsp3) is 0.316. The predicted molar refractivity (Wildman–Crippen MR) is 193 cm³/mol. The lowest BCUT2D eigenvalue weighted by Crippen LogP contribution is -2.55. The van der Waals surface area contributed by atoms with E-state index in [0.717, 1.165) is 58.7 Å². The summed E-state index contributed by atoms with van der Waals surface area (Å²) in [6.07, 6.45) is 5.21. The van der Waals surface area contributed by atoms with Gasteiger partial charge in [-0.25, -0.2) is 8.42 Å². The molecule has 0 radical (unpaired) electrons. The molecule has 1 unspecified atom stereocenters. The molecule has 0 heterocycles. The van der Waals surface area contributed by atoms with Crippen LogP contribution in [0.5, 0.6) is 0 Å². The summed E-state index contributed by atoms with van der Waals surface area (Å²) < 4.78 is 29.6. The number of anilines is 1. The molecule has 1 aliphatic carbocycles. The summed E-state index contributed by atoms with van der Waals surface area (Å²) >= 11 is 12.9. The molecule has 4 aromatic rings. The van der Waals surface area contributed by atoms with Gasteiger partial charge in [-0.05, 0) is 68.1 Å². The van der Waals surface area contributed by atoms with Gasteiger partial charge >= 0.3 is 0 Å². The van der Waals surface area contributed by atoms with Crippen molar-refractivity contribution < 1.29 is 18.0 Å². The van der Waals surface area contributed by atoms with Gasteiger partial charge in [0.15, 0.2) is 0 Å². The first-order valence-corrected chi connectivity index (χ1v) is 18.4. The van der Waals surface area contributed by atoms with Crippen molar-refractivity contribution in [2.45, 2.75) is 75.9 Å². The highest BCUT2D eigenvalue weighted by Crippen LogP contribution is 2.33. The van der Waals surface area contributed by atoms with Gasteiger partial charge in [0.05, 0.1) is 15.6 Å². The Bertz CT molecular complexity index is 1810. The highest BCUT2D eigenvalue weighted by molar-refractivity contribution is 7.92. The van der Waals surface area contributed by atoms with E-state index in [1.165, 1.54) is 29.2 Å². The number of halogens is 2. The monoisotopic (exact) mass is 705 g/mol. The van der Waals surface area contributed by atoms with Crippen molar-refractivity contribution >= 4 is 50.7 Å². The van der Waals surface area contributed by atoms with Crippen molar-refractivity contribution in [1.82, 2.24) is 10.2 Å². The molecule has 10 heteroatoms. The molecule has 0 saturated heterocycles. The minimum absolute atomic E-state index is 0.00194. The number of benzene rings is 4. The van der Waals surface area contributed by atoms with Crippen molar-refractivity contribution in [3.63, 3.8) is 0 Å². The number of rotatable bonds is 12. The number of nitrogens with one attached hydrogen (secondary N) is 1. The van der Waals surface area contributed by atoms with Gasteiger partial charge in [0.2, 0.25) is 11.8 Å². The fourth-order valence-electron chi connectivity index (χ4n) is 6.02. The van der Waals surface area contributed by atoms with E-state index < -0.39 is 28.5 Å². The van der Waals surface area contributed by atoms with Gasteiger partial charge < -0.3 is 10.2 Å². The van der Waals surface area contributed by atoms with Crippen LogP contribution >= 0.6 is 23.2 Å². The summed E-state index contributed by atoms with van der Waals surface area (Å²) in [6, 6.07) is 27.3. The van der Waals surface area contributed by atoms with Crippen molar-refractivity contribution in [3.05, 3.63) is 129 Å². The third-order valence-electron chi connectivity index (χ3n) is 8.76. The molecule has 1 atom stereocenters. The van der Waals surface area contributed by atoms with Crippen molar-refractivity contribution in [3.8, 4) is 0 Å². The van der Waals surface area contributed by atoms with E-state index in [1.54, 1.807) is 18.2 Å². The second kappa shape index (κ2) is 16.0. The van der Waals surface area contributed by atoms with Gasteiger partial charge in [-0.3, -0.25) is 13.9 Å². The number of carbonyl (C=O) groups is 2. The van der Waals surface area contributed by atoms with Crippen LogP contribution in [-0.4, -0.2) is 43.8 Å². The summed E-state index contributed by atoms with van der Waals surface area (Å²) in [5.74, 6) is -0.818. The summed E-state index contributed by atoms with van der Waals surface area (Å²) in [5.41, 5.74) is 3.70. The maximum atomic E-state index is 14.7.